The number of hydrogen-bond acceptors (Lipinski definition) is 7. The molecular weight excluding hydrogens is 462 g/mol. The minimum absolute atomic E-state index is 0.0802. The lowest BCUT2D eigenvalue weighted by Crippen LogP contribution is -2.51. The largest absolute Gasteiger partial charge is 0.338 e. The highest BCUT2D eigenvalue weighted by Gasteiger charge is 2.30. The van der Waals surface area contributed by atoms with Gasteiger partial charge in [-0.1, -0.05) is 18.3 Å². The molecule has 36 heavy (non-hydrogen) atoms. The molecular formula is C25H28N7O4+. The Kier molecular flexibility index (Phi) is 9.42. The summed E-state index contributed by atoms with van der Waals surface area (Å²) >= 11 is 0. The second kappa shape index (κ2) is 12.9. The van der Waals surface area contributed by atoms with Crippen molar-refractivity contribution < 1.29 is 19.6 Å². The third-order valence-corrected chi connectivity index (χ3v) is 5.72. The summed E-state index contributed by atoms with van der Waals surface area (Å²) in [4.78, 5) is 39.2. The van der Waals surface area contributed by atoms with Crippen molar-refractivity contribution in [2.45, 2.75) is 44.3 Å². The molecule has 1 aliphatic carbocycles. The number of rotatable bonds is 9. The maximum atomic E-state index is 12.5. The summed E-state index contributed by atoms with van der Waals surface area (Å²) in [7, 11) is 0. The first-order valence-corrected chi connectivity index (χ1v) is 11.5. The van der Waals surface area contributed by atoms with Gasteiger partial charge in [-0.2, -0.15) is 0 Å². The molecule has 1 aliphatic rings. The molecule has 2 atom stereocenters. The molecule has 11 nitrogen and oxygen atoms in total. The maximum Gasteiger partial charge on any atom is 0.268 e. The first-order chi connectivity index (χ1) is 17.4. The minimum Gasteiger partial charge on any atom is -0.338 e. The molecule has 3 rings (SSSR count). The van der Waals surface area contributed by atoms with Crippen molar-refractivity contribution in [1.29, 1.82) is 5.53 Å². The van der Waals surface area contributed by atoms with Gasteiger partial charge in [-0.25, -0.2) is 5.48 Å². The molecule has 11 heteroatoms. The molecule has 0 spiro atoms. The molecule has 0 unspecified atom stereocenters. The number of hydroxylamine groups is 1. The summed E-state index contributed by atoms with van der Waals surface area (Å²) in [6.45, 7) is 1.77. The van der Waals surface area contributed by atoms with Crippen LogP contribution in [0.5, 0.6) is 0 Å². The van der Waals surface area contributed by atoms with Crippen LogP contribution in [0.2, 0.25) is 0 Å². The molecule has 0 aliphatic heterocycles. The summed E-state index contributed by atoms with van der Waals surface area (Å²) in [5, 5.41) is 20.9. The third kappa shape index (κ3) is 7.58. The van der Waals surface area contributed by atoms with Gasteiger partial charge >= 0.3 is 0 Å². The van der Waals surface area contributed by atoms with Crippen LogP contribution in [-0.2, 0) is 9.59 Å². The molecule has 0 saturated heterocycles. The van der Waals surface area contributed by atoms with E-state index in [4.69, 9.17) is 10.7 Å². The second-order valence-corrected chi connectivity index (χ2v) is 8.34. The van der Waals surface area contributed by atoms with Crippen LogP contribution in [0.25, 0.3) is 0 Å². The van der Waals surface area contributed by atoms with Crippen molar-refractivity contribution in [1.82, 2.24) is 21.0 Å². The van der Waals surface area contributed by atoms with E-state index in [2.05, 4.69) is 37.8 Å². The predicted octanol–water partition coefficient (Wildman–Crippen LogP) is 1.71. The van der Waals surface area contributed by atoms with E-state index in [0.717, 1.165) is 18.4 Å². The lowest BCUT2D eigenvalue weighted by molar-refractivity contribution is -0.131. The second-order valence-electron chi connectivity index (χ2n) is 8.34. The zero-order chi connectivity index (χ0) is 25.9. The Morgan fingerprint density at radius 2 is 1.69 bits per heavy atom. The first-order valence-electron chi connectivity index (χ1n) is 11.5. The summed E-state index contributed by atoms with van der Waals surface area (Å²) < 4.78 is 0. The standard InChI is InChI=1S/C25H27N7O4/c1-16(30-32-26)23(25(35)31-36)29-24(34)19-11-7-17(8-12-19)5-6-18-9-13-21(14-10-18)28-22(33)15-27-20-3-2-4-20/h7-14,16,20,23,26-27H,2-4,15H2,1H3,(H3-,28,29,31,33,34,35,36)/p+1/t16-,23+/m1/s1. The number of amides is 3. The number of nitrogens with one attached hydrogen (secondary N) is 5. The van der Waals surface area contributed by atoms with E-state index in [1.807, 2.05) is 12.1 Å². The van der Waals surface area contributed by atoms with Gasteiger partial charge < -0.3 is 16.0 Å². The Balaban J connectivity index is 1.56. The van der Waals surface area contributed by atoms with Gasteiger partial charge in [0.15, 0.2) is 6.04 Å². The third-order valence-electron chi connectivity index (χ3n) is 5.72. The van der Waals surface area contributed by atoms with E-state index in [1.165, 1.54) is 18.8 Å². The smallest absolute Gasteiger partial charge is 0.268 e. The molecule has 2 aromatic rings. The summed E-state index contributed by atoms with van der Waals surface area (Å²) in [5.41, 5.74) is 10.7. The quantitative estimate of drug-likeness (QED) is 0.103. The average molecular weight is 491 g/mol. The Hall–Kier alpha value is -4.36. The highest BCUT2D eigenvalue weighted by atomic mass is 16.5. The van der Waals surface area contributed by atoms with Crippen molar-refractivity contribution in [3.05, 3.63) is 65.2 Å². The van der Waals surface area contributed by atoms with E-state index < -0.39 is 23.9 Å². The van der Waals surface area contributed by atoms with Crippen molar-refractivity contribution >= 4 is 23.4 Å². The number of nitrogens with zero attached hydrogens (tertiary/aromatic N) is 2. The Bertz CT molecular complexity index is 1190. The number of carbonyl (C=O) groups is 3. The monoisotopic (exact) mass is 490 g/mol. The van der Waals surface area contributed by atoms with Gasteiger partial charge in [0.2, 0.25) is 10.8 Å². The fraction of sp³-hybridized carbons (Fsp3) is 0.320. The molecule has 1 fully saturated rings. The van der Waals surface area contributed by atoms with Crippen molar-refractivity contribution in [3.8, 4) is 11.8 Å². The topological polar surface area (TPSA) is 170 Å². The van der Waals surface area contributed by atoms with Crippen molar-refractivity contribution in [3.63, 3.8) is 0 Å². The fourth-order valence-corrected chi connectivity index (χ4v) is 3.40. The van der Waals surface area contributed by atoms with Crippen molar-refractivity contribution in [2.75, 3.05) is 11.9 Å². The molecule has 1 saturated carbocycles. The summed E-state index contributed by atoms with van der Waals surface area (Å²) in [6.07, 6.45) is 3.47. The molecule has 0 heterocycles. The van der Waals surface area contributed by atoms with Gasteiger partial charge in [0.1, 0.15) is 16.7 Å². The van der Waals surface area contributed by atoms with Crippen LogP contribution in [0.4, 0.5) is 5.69 Å². The van der Waals surface area contributed by atoms with E-state index >= 15 is 0 Å². The Morgan fingerprint density at radius 3 is 2.22 bits per heavy atom. The number of hydrogen-bond donors (Lipinski definition) is 6. The summed E-state index contributed by atoms with van der Waals surface area (Å²) in [6, 6.07) is 12.0. The number of carbonyl (C=O) groups excluding carboxylic acids is 3. The average Bonchev–Trinajstić information content (AvgIpc) is 2.85. The van der Waals surface area contributed by atoms with E-state index in [9.17, 15) is 14.4 Å². The maximum absolute atomic E-state index is 12.5. The Morgan fingerprint density at radius 1 is 1.08 bits per heavy atom. The molecule has 186 valence electrons. The zero-order valence-electron chi connectivity index (χ0n) is 19.7. The van der Waals surface area contributed by atoms with Crippen LogP contribution in [0, 0.1) is 17.4 Å². The molecule has 3 amide bonds. The minimum atomic E-state index is -1.21. The van der Waals surface area contributed by atoms with Crippen LogP contribution in [0.3, 0.4) is 0 Å². The number of anilines is 1. The lowest BCUT2D eigenvalue weighted by atomic mass is 9.93. The molecule has 6 N–H and O–H groups in total. The highest BCUT2D eigenvalue weighted by Crippen LogP contribution is 2.17. The predicted molar refractivity (Wildman–Crippen MR) is 131 cm³/mol. The van der Waals surface area contributed by atoms with Gasteiger partial charge in [-0.05, 0) is 68.3 Å². The zero-order valence-corrected chi connectivity index (χ0v) is 19.7. The molecule has 0 radical (unpaired) electrons. The van der Waals surface area contributed by atoms with Gasteiger partial charge in [0.25, 0.3) is 11.8 Å². The van der Waals surface area contributed by atoms with Gasteiger partial charge in [0.05, 0.1) is 6.54 Å². The normalized spacial score (nSPS) is 14.1. The van der Waals surface area contributed by atoms with E-state index in [0.29, 0.717) is 23.8 Å². The summed E-state index contributed by atoms with van der Waals surface area (Å²) in [5.74, 6) is 4.53. The van der Waals surface area contributed by atoms with Crippen LogP contribution >= 0.6 is 0 Å². The van der Waals surface area contributed by atoms with Gasteiger partial charge in [0, 0.05) is 28.4 Å². The molecule has 2 aromatic carbocycles. The van der Waals surface area contributed by atoms with Gasteiger partial charge in [-0.3, -0.25) is 19.6 Å². The number of benzene rings is 2. The molecule has 0 bridgehead atoms. The van der Waals surface area contributed by atoms with Crippen LogP contribution < -0.4 is 26.3 Å². The Labute approximate surface area is 208 Å². The van der Waals surface area contributed by atoms with Crippen molar-refractivity contribution in [2.24, 2.45) is 5.11 Å². The highest BCUT2D eigenvalue weighted by molar-refractivity contribution is 5.97. The first kappa shape index (κ1) is 26.2. The fourth-order valence-electron chi connectivity index (χ4n) is 3.40. The lowest BCUT2D eigenvalue weighted by Gasteiger charge is -2.26. The SMILES string of the molecule is C[C@@H](N=[N+]=N)[C@H](NC(=O)c1ccc(C#Cc2ccc(NC(=O)CNC3CCC3)cc2)cc1)C(=O)NO. The van der Waals surface area contributed by atoms with E-state index in [1.54, 1.807) is 36.4 Å². The van der Waals surface area contributed by atoms with Gasteiger partial charge in [-0.15, -0.1) is 0 Å². The van der Waals surface area contributed by atoms with Crippen LogP contribution in [-0.4, -0.2) is 47.6 Å². The molecule has 0 aromatic heterocycles. The van der Waals surface area contributed by atoms with Crippen LogP contribution in [0.15, 0.2) is 53.6 Å². The van der Waals surface area contributed by atoms with Crippen LogP contribution in [0.1, 0.15) is 47.7 Å². The van der Waals surface area contributed by atoms with E-state index in [-0.39, 0.29) is 11.5 Å².